The SMILES string of the molecule is COc1ccc(C(=O)O)cc1Oc1cc(C=O)ccc1O. The Labute approximate surface area is 120 Å². The number of carbonyl (C=O) groups is 2. The number of benzene rings is 2. The molecule has 0 spiro atoms. The lowest BCUT2D eigenvalue weighted by molar-refractivity contribution is 0.0696. The van der Waals surface area contributed by atoms with Gasteiger partial charge in [0.1, 0.15) is 6.29 Å². The van der Waals surface area contributed by atoms with Gasteiger partial charge < -0.3 is 19.7 Å². The van der Waals surface area contributed by atoms with Crippen molar-refractivity contribution >= 4 is 12.3 Å². The van der Waals surface area contributed by atoms with E-state index in [9.17, 15) is 14.7 Å². The third-order valence-electron chi connectivity index (χ3n) is 2.75. The number of aromatic carboxylic acids is 1. The van der Waals surface area contributed by atoms with Crippen LogP contribution in [0.3, 0.4) is 0 Å². The quantitative estimate of drug-likeness (QED) is 0.822. The average molecular weight is 288 g/mol. The van der Waals surface area contributed by atoms with Crippen LogP contribution in [0.4, 0.5) is 0 Å². The zero-order valence-electron chi connectivity index (χ0n) is 11.1. The summed E-state index contributed by atoms with van der Waals surface area (Å²) in [5, 5.41) is 18.7. The van der Waals surface area contributed by atoms with Crippen LogP contribution >= 0.6 is 0 Å². The number of aldehydes is 1. The second-order valence-corrected chi connectivity index (χ2v) is 4.12. The predicted octanol–water partition coefficient (Wildman–Crippen LogP) is 2.70. The first-order valence-electron chi connectivity index (χ1n) is 5.92. The standard InChI is InChI=1S/C15H12O6/c1-20-12-5-3-10(15(18)19)7-14(12)21-13-6-9(8-16)2-4-11(13)17/h2-8,17H,1H3,(H,18,19). The summed E-state index contributed by atoms with van der Waals surface area (Å²) in [6.07, 6.45) is 0.608. The Balaban J connectivity index is 2.44. The molecule has 0 unspecified atom stereocenters. The molecule has 21 heavy (non-hydrogen) atoms. The van der Waals surface area contributed by atoms with Crippen LogP contribution in [0, 0.1) is 0 Å². The molecule has 2 rings (SSSR count). The number of ether oxygens (including phenoxy) is 2. The van der Waals surface area contributed by atoms with Gasteiger partial charge in [-0.1, -0.05) is 0 Å². The van der Waals surface area contributed by atoms with E-state index in [-0.39, 0.29) is 22.8 Å². The van der Waals surface area contributed by atoms with Crippen LogP contribution in [-0.2, 0) is 0 Å². The van der Waals surface area contributed by atoms with Gasteiger partial charge in [0, 0.05) is 5.56 Å². The van der Waals surface area contributed by atoms with Crippen molar-refractivity contribution in [1.82, 2.24) is 0 Å². The molecule has 0 aliphatic carbocycles. The molecule has 2 N–H and O–H groups in total. The number of carboxylic acid groups (broad SMARTS) is 1. The topological polar surface area (TPSA) is 93.1 Å². The maximum Gasteiger partial charge on any atom is 0.335 e. The van der Waals surface area contributed by atoms with E-state index in [0.29, 0.717) is 17.6 Å². The van der Waals surface area contributed by atoms with Crippen LogP contribution in [-0.4, -0.2) is 29.6 Å². The van der Waals surface area contributed by atoms with Crippen molar-refractivity contribution < 1.29 is 29.3 Å². The molecule has 108 valence electrons. The Morgan fingerprint density at radius 1 is 1.10 bits per heavy atom. The van der Waals surface area contributed by atoms with E-state index >= 15 is 0 Å². The monoisotopic (exact) mass is 288 g/mol. The zero-order valence-corrected chi connectivity index (χ0v) is 11.1. The highest BCUT2D eigenvalue weighted by molar-refractivity contribution is 5.88. The molecule has 0 aliphatic rings. The average Bonchev–Trinajstić information content (AvgIpc) is 2.49. The van der Waals surface area contributed by atoms with E-state index in [2.05, 4.69) is 0 Å². The fraction of sp³-hybridized carbons (Fsp3) is 0.0667. The van der Waals surface area contributed by atoms with Gasteiger partial charge in [-0.3, -0.25) is 4.79 Å². The third-order valence-corrected chi connectivity index (χ3v) is 2.75. The summed E-state index contributed by atoms with van der Waals surface area (Å²) < 4.78 is 10.5. The zero-order chi connectivity index (χ0) is 15.4. The lowest BCUT2D eigenvalue weighted by atomic mass is 10.2. The summed E-state index contributed by atoms with van der Waals surface area (Å²) in [6, 6.07) is 8.17. The number of carbonyl (C=O) groups excluding carboxylic acids is 1. The number of hydrogen-bond acceptors (Lipinski definition) is 5. The molecule has 0 fully saturated rings. The molecule has 6 heteroatoms. The predicted molar refractivity (Wildman–Crippen MR) is 73.5 cm³/mol. The molecule has 2 aromatic rings. The maximum absolute atomic E-state index is 11.0. The third kappa shape index (κ3) is 3.11. The number of aromatic hydroxyl groups is 1. The molecule has 2 aromatic carbocycles. The summed E-state index contributed by atoms with van der Waals surface area (Å²) in [4.78, 5) is 21.7. The van der Waals surface area contributed by atoms with E-state index < -0.39 is 5.97 Å². The first-order chi connectivity index (χ1) is 10.0. The summed E-state index contributed by atoms with van der Waals surface area (Å²) in [6.45, 7) is 0. The van der Waals surface area contributed by atoms with Crippen molar-refractivity contribution in [3.8, 4) is 23.0 Å². The van der Waals surface area contributed by atoms with Crippen molar-refractivity contribution in [3.05, 3.63) is 47.5 Å². The number of rotatable bonds is 5. The minimum atomic E-state index is -1.12. The highest BCUT2D eigenvalue weighted by atomic mass is 16.5. The molecule has 0 aromatic heterocycles. The summed E-state index contributed by atoms with van der Waals surface area (Å²) in [5.41, 5.74) is 0.327. The normalized spacial score (nSPS) is 9.95. The minimum Gasteiger partial charge on any atom is -0.504 e. The van der Waals surface area contributed by atoms with Crippen LogP contribution in [0.25, 0.3) is 0 Å². The summed E-state index contributed by atoms with van der Waals surface area (Å²) >= 11 is 0. The second kappa shape index (κ2) is 5.96. The van der Waals surface area contributed by atoms with Crippen LogP contribution in [0.2, 0.25) is 0 Å². The fourth-order valence-electron chi connectivity index (χ4n) is 1.69. The highest BCUT2D eigenvalue weighted by Gasteiger charge is 2.13. The summed E-state index contributed by atoms with van der Waals surface area (Å²) in [7, 11) is 1.41. The molecule has 0 heterocycles. The van der Waals surface area contributed by atoms with E-state index in [4.69, 9.17) is 14.6 Å². The van der Waals surface area contributed by atoms with Gasteiger partial charge in [-0.15, -0.1) is 0 Å². The van der Waals surface area contributed by atoms with E-state index in [1.165, 1.54) is 43.5 Å². The maximum atomic E-state index is 11.0. The van der Waals surface area contributed by atoms with Gasteiger partial charge in [0.05, 0.1) is 12.7 Å². The molecule has 0 saturated heterocycles. The van der Waals surface area contributed by atoms with Gasteiger partial charge in [-0.2, -0.15) is 0 Å². The van der Waals surface area contributed by atoms with Crippen molar-refractivity contribution in [2.24, 2.45) is 0 Å². The number of hydrogen-bond donors (Lipinski definition) is 2. The molecule has 0 radical (unpaired) electrons. The van der Waals surface area contributed by atoms with Crippen LogP contribution in [0.5, 0.6) is 23.0 Å². The van der Waals surface area contributed by atoms with Crippen molar-refractivity contribution in [2.45, 2.75) is 0 Å². The lowest BCUT2D eigenvalue weighted by Crippen LogP contribution is -1.98. The number of phenols is 1. The molecular weight excluding hydrogens is 276 g/mol. The van der Waals surface area contributed by atoms with Crippen LogP contribution < -0.4 is 9.47 Å². The Bertz CT molecular complexity index is 693. The van der Waals surface area contributed by atoms with Gasteiger partial charge in [-0.05, 0) is 36.4 Å². The smallest absolute Gasteiger partial charge is 0.335 e. The lowest BCUT2D eigenvalue weighted by Gasteiger charge is -2.12. The van der Waals surface area contributed by atoms with E-state index in [1.54, 1.807) is 0 Å². The number of phenolic OH excluding ortho intramolecular Hbond substituents is 1. The molecular formula is C15H12O6. The van der Waals surface area contributed by atoms with E-state index in [1.807, 2.05) is 0 Å². The highest BCUT2D eigenvalue weighted by Crippen LogP contribution is 2.36. The van der Waals surface area contributed by atoms with Gasteiger partial charge in [0.15, 0.2) is 23.0 Å². The van der Waals surface area contributed by atoms with Crippen LogP contribution in [0.15, 0.2) is 36.4 Å². The van der Waals surface area contributed by atoms with Crippen LogP contribution in [0.1, 0.15) is 20.7 Å². The first-order valence-corrected chi connectivity index (χ1v) is 5.92. The Kier molecular flexibility index (Phi) is 4.08. The first kappa shape index (κ1) is 14.4. The van der Waals surface area contributed by atoms with Gasteiger partial charge in [0.2, 0.25) is 0 Å². The number of methoxy groups -OCH3 is 1. The summed E-state index contributed by atoms with van der Waals surface area (Å²) in [5.74, 6) is -0.844. The number of carboxylic acids is 1. The van der Waals surface area contributed by atoms with Crippen molar-refractivity contribution in [2.75, 3.05) is 7.11 Å². The molecule has 0 saturated carbocycles. The van der Waals surface area contributed by atoms with E-state index in [0.717, 1.165) is 0 Å². The fourth-order valence-corrected chi connectivity index (χ4v) is 1.69. The Morgan fingerprint density at radius 3 is 2.48 bits per heavy atom. The molecule has 6 nitrogen and oxygen atoms in total. The molecule has 0 aliphatic heterocycles. The molecule has 0 atom stereocenters. The minimum absolute atomic E-state index is 0.0110. The van der Waals surface area contributed by atoms with Crippen molar-refractivity contribution in [3.63, 3.8) is 0 Å². The van der Waals surface area contributed by atoms with Gasteiger partial charge in [-0.25, -0.2) is 4.79 Å². The van der Waals surface area contributed by atoms with Gasteiger partial charge >= 0.3 is 5.97 Å². The Morgan fingerprint density at radius 2 is 1.86 bits per heavy atom. The molecule has 0 bridgehead atoms. The Hall–Kier alpha value is -3.02. The molecule has 0 amide bonds. The van der Waals surface area contributed by atoms with Gasteiger partial charge in [0.25, 0.3) is 0 Å². The van der Waals surface area contributed by atoms with Crippen molar-refractivity contribution in [1.29, 1.82) is 0 Å². The second-order valence-electron chi connectivity index (χ2n) is 4.12. The largest absolute Gasteiger partial charge is 0.504 e.